The molecule has 0 bridgehead atoms. The van der Waals surface area contributed by atoms with Gasteiger partial charge < -0.3 is 5.73 Å². The highest BCUT2D eigenvalue weighted by atomic mass is 79.9. The molecule has 19 heavy (non-hydrogen) atoms. The lowest BCUT2D eigenvalue weighted by Crippen LogP contribution is -2.40. The minimum absolute atomic E-state index is 0. The number of nitrogens with two attached hydrogens (primary N) is 1. The summed E-state index contributed by atoms with van der Waals surface area (Å²) >= 11 is 3.37. The second-order valence-electron chi connectivity index (χ2n) is 4.51. The van der Waals surface area contributed by atoms with Crippen molar-refractivity contribution in [1.29, 1.82) is 0 Å². The van der Waals surface area contributed by atoms with E-state index in [0.717, 1.165) is 22.9 Å². The van der Waals surface area contributed by atoms with Crippen LogP contribution in [-0.2, 0) is 10.0 Å². The molecule has 2 rings (SSSR count). The van der Waals surface area contributed by atoms with Crippen molar-refractivity contribution in [2.45, 2.75) is 30.7 Å². The summed E-state index contributed by atoms with van der Waals surface area (Å²) in [6.07, 6.45) is 1.73. The molecule has 2 N–H and O–H groups in total. The summed E-state index contributed by atoms with van der Waals surface area (Å²) in [5.41, 5.74) is 6.40. The largest absolute Gasteiger partial charge is 0.329 e. The van der Waals surface area contributed by atoms with Crippen molar-refractivity contribution in [2.24, 2.45) is 5.73 Å². The maximum Gasteiger partial charge on any atom is 0.243 e. The molecule has 0 spiro atoms. The van der Waals surface area contributed by atoms with Gasteiger partial charge >= 0.3 is 0 Å². The summed E-state index contributed by atoms with van der Waals surface area (Å²) in [4.78, 5) is 0.372. The van der Waals surface area contributed by atoms with E-state index in [0.29, 0.717) is 18.0 Å². The monoisotopic (exact) mass is 368 g/mol. The fraction of sp³-hybridized carbons (Fsp3) is 0.500. The van der Waals surface area contributed by atoms with Crippen molar-refractivity contribution in [3.8, 4) is 0 Å². The first-order chi connectivity index (χ1) is 8.48. The molecule has 0 saturated carbocycles. The predicted molar refractivity (Wildman–Crippen MR) is 82.1 cm³/mol. The Morgan fingerprint density at radius 1 is 1.47 bits per heavy atom. The molecule has 108 valence electrons. The van der Waals surface area contributed by atoms with Crippen molar-refractivity contribution in [3.63, 3.8) is 0 Å². The lowest BCUT2D eigenvalue weighted by Gasteiger charge is -2.23. The SMILES string of the molecule is Cc1c(Br)cccc1S(=O)(=O)N1CCCC1CN.Cl. The zero-order chi connectivity index (χ0) is 13.3. The average Bonchev–Trinajstić information content (AvgIpc) is 2.81. The highest BCUT2D eigenvalue weighted by Gasteiger charge is 2.35. The van der Waals surface area contributed by atoms with Gasteiger partial charge in [-0.2, -0.15) is 4.31 Å². The van der Waals surface area contributed by atoms with E-state index in [9.17, 15) is 8.42 Å². The molecule has 4 nitrogen and oxygen atoms in total. The second kappa shape index (κ2) is 6.54. The predicted octanol–water partition coefficient (Wildman–Crippen LogP) is 2.29. The summed E-state index contributed by atoms with van der Waals surface area (Å²) in [6.45, 7) is 2.76. The first kappa shape index (κ1) is 16.9. The van der Waals surface area contributed by atoms with Crippen molar-refractivity contribution in [2.75, 3.05) is 13.1 Å². The van der Waals surface area contributed by atoms with E-state index in [1.54, 1.807) is 16.4 Å². The third-order valence-electron chi connectivity index (χ3n) is 3.40. The first-order valence-corrected chi connectivity index (χ1v) is 8.19. The van der Waals surface area contributed by atoms with Crippen LogP contribution in [0.1, 0.15) is 18.4 Å². The van der Waals surface area contributed by atoms with Gasteiger partial charge in [-0.05, 0) is 37.5 Å². The fourth-order valence-corrected chi connectivity index (χ4v) is 4.81. The Morgan fingerprint density at radius 2 is 2.16 bits per heavy atom. The third kappa shape index (κ3) is 3.13. The second-order valence-corrected chi connectivity index (χ2v) is 7.22. The van der Waals surface area contributed by atoms with Gasteiger partial charge in [-0.1, -0.05) is 22.0 Å². The third-order valence-corrected chi connectivity index (χ3v) is 6.36. The fourth-order valence-electron chi connectivity index (χ4n) is 2.35. The Bertz CT molecular complexity index is 551. The van der Waals surface area contributed by atoms with Crippen LogP contribution in [0, 0.1) is 6.92 Å². The van der Waals surface area contributed by atoms with Gasteiger partial charge in [0.25, 0.3) is 0 Å². The van der Waals surface area contributed by atoms with Crippen LogP contribution in [0.4, 0.5) is 0 Å². The molecule has 0 aliphatic carbocycles. The molecule has 1 atom stereocenters. The first-order valence-electron chi connectivity index (χ1n) is 5.95. The molecule has 1 unspecified atom stereocenters. The number of sulfonamides is 1. The zero-order valence-corrected chi connectivity index (χ0v) is 13.9. The van der Waals surface area contributed by atoms with E-state index < -0.39 is 10.0 Å². The van der Waals surface area contributed by atoms with E-state index in [4.69, 9.17) is 5.73 Å². The molecule has 1 aliphatic heterocycles. The Balaban J connectivity index is 0.00000180. The van der Waals surface area contributed by atoms with Crippen LogP contribution in [0.25, 0.3) is 0 Å². The molecular formula is C12H18BrClN2O2S. The van der Waals surface area contributed by atoms with Gasteiger partial charge in [0, 0.05) is 23.6 Å². The van der Waals surface area contributed by atoms with Gasteiger partial charge in [0.15, 0.2) is 0 Å². The van der Waals surface area contributed by atoms with Crippen LogP contribution in [0.5, 0.6) is 0 Å². The highest BCUT2D eigenvalue weighted by Crippen LogP contribution is 2.30. The zero-order valence-electron chi connectivity index (χ0n) is 10.7. The number of halogens is 2. The normalized spacial score (nSPS) is 20.3. The van der Waals surface area contributed by atoms with Gasteiger partial charge in [-0.3, -0.25) is 0 Å². The van der Waals surface area contributed by atoms with Crippen molar-refractivity contribution in [1.82, 2.24) is 4.31 Å². The quantitative estimate of drug-likeness (QED) is 0.889. The summed E-state index contributed by atoms with van der Waals surface area (Å²) in [5.74, 6) is 0. The van der Waals surface area contributed by atoms with Gasteiger partial charge in [0.1, 0.15) is 0 Å². The van der Waals surface area contributed by atoms with E-state index in [-0.39, 0.29) is 18.4 Å². The van der Waals surface area contributed by atoms with Crippen LogP contribution in [0.2, 0.25) is 0 Å². The van der Waals surface area contributed by atoms with Crippen LogP contribution < -0.4 is 5.73 Å². The smallest absolute Gasteiger partial charge is 0.243 e. The molecule has 0 aromatic heterocycles. The van der Waals surface area contributed by atoms with Crippen LogP contribution in [0.15, 0.2) is 27.6 Å². The molecular weight excluding hydrogens is 352 g/mol. The summed E-state index contributed by atoms with van der Waals surface area (Å²) in [7, 11) is -3.43. The molecule has 1 heterocycles. The minimum Gasteiger partial charge on any atom is -0.329 e. The van der Waals surface area contributed by atoms with Crippen LogP contribution >= 0.6 is 28.3 Å². The molecule has 1 fully saturated rings. The van der Waals surface area contributed by atoms with Crippen molar-refractivity contribution in [3.05, 3.63) is 28.2 Å². The van der Waals surface area contributed by atoms with Crippen molar-refractivity contribution >= 4 is 38.4 Å². The van der Waals surface area contributed by atoms with Gasteiger partial charge in [-0.25, -0.2) is 8.42 Å². The number of hydrogen-bond donors (Lipinski definition) is 1. The lowest BCUT2D eigenvalue weighted by molar-refractivity contribution is 0.393. The van der Waals surface area contributed by atoms with E-state index in [2.05, 4.69) is 15.9 Å². The summed E-state index contributed by atoms with van der Waals surface area (Å²) in [6, 6.07) is 5.19. The Labute approximate surface area is 128 Å². The average molecular weight is 370 g/mol. The van der Waals surface area contributed by atoms with Crippen LogP contribution in [-0.4, -0.2) is 31.9 Å². The topological polar surface area (TPSA) is 63.4 Å². The summed E-state index contributed by atoms with van der Waals surface area (Å²) in [5, 5.41) is 0. The standard InChI is InChI=1S/C12H17BrN2O2S.ClH/c1-9-11(13)5-2-6-12(9)18(16,17)15-7-3-4-10(15)8-14;/h2,5-6,10H,3-4,7-8,14H2,1H3;1H. The molecule has 0 amide bonds. The van der Waals surface area contributed by atoms with E-state index in [1.165, 1.54) is 0 Å². The van der Waals surface area contributed by atoms with Gasteiger partial charge in [-0.15, -0.1) is 12.4 Å². The molecule has 1 aliphatic rings. The highest BCUT2D eigenvalue weighted by molar-refractivity contribution is 9.10. The number of hydrogen-bond acceptors (Lipinski definition) is 3. The maximum absolute atomic E-state index is 12.6. The lowest BCUT2D eigenvalue weighted by atomic mass is 10.2. The minimum atomic E-state index is -3.43. The number of rotatable bonds is 3. The van der Waals surface area contributed by atoms with Crippen LogP contribution in [0.3, 0.4) is 0 Å². The van der Waals surface area contributed by atoms with Gasteiger partial charge in [0.2, 0.25) is 10.0 Å². The Kier molecular flexibility index (Phi) is 5.82. The van der Waals surface area contributed by atoms with E-state index >= 15 is 0 Å². The molecule has 1 saturated heterocycles. The van der Waals surface area contributed by atoms with Crippen molar-refractivity contribution < 1.29 is 8.42 Å². The number of nitrogens with zero attached hydrogens (tertiary/aromatic N) is 1. The number of benzene rings is 1. The van der Waals surface area contributed by atoms with E-state index in [1.807, 2.05) is 13.0 Å². The maximum atomic E-state index is 12.6. The molecule has 7 heteroatoms. The molecule has 1 aromatic carbocycles. The molecule has 1 aromatic rings. The molecule has 0 radical (unpaired) electrons. The summed E-state index contributed by atoms with van der Waals surface area (Å²) < 4.78 is 27.6. The Hall–Kier alpha value is -0.140. The Morgan fingerprint density at radius 3 is 2.79 bits per heavy atom. The van der Waals surface area contributed by atoms with Gasteiger partial charge in [0.05, 0.1) is 4.90 Å².